The Balaban J connectivity index is 1.71. The van der Waals surface area contributed by atoms with Gasteiger partial charge in [-0.05, 0) is 82.8 Å². The third-order valence-electron chi connectivity index (χ3n) is 4.13. The van der Waals surface area contributed by atoms with Crippen LogP contribution in [0.2, 0.25) is 15.1 Å². The van der Waals surface area contributed by atoms with Gasteiger partial charge < -0.3 is 10.1 Å². The van der Waals surface area contributed by atoms with Gasteiger partial charge in [-0.25, -0.2) is 0 Å². The molecule has 0 fully saturated rings. The standard InChI is InChI=1S/C23H14Cl3IN2O2/c24-17-4-6-19(7-5-17)29-23(30)16(12-28)9-14-1-8-22(21(27)10-14)31-13-15-2-3-18(25)11-20(15)26/h1-11H,13H2,(H,29,30)/b16-9-. The van der Waals surface area contributed by atoms with Gasteiger partial charge in [-0.2, -0.15) is 5.26 Å². The SMILES string of the molecule is N#C/C(=C/c1ccc(OCc2ccc(Cl)cc2Cl)c(I)c1)C(=O)Nc1ccc(Cl)cc1. The largest absolute Gasteiger partial charge is 0.488 e. The molecule has 0 saturated heterocycles. The van der Waals surface area contributed by atoms with Crippen molar-refractivity contribution in [2.24, 2.45) is 0 Å². The third kappa shape index (κ3) is 6.62. The molecule has 0 bridgehead atoms. The highest BCUT2D eigenvalue weighted by Gasteiger charge is 2.11. The van der Waals surface area contributed by atoms with Crippen LogP contribution in [0.5, 0.6) is 5.75 Å². The minimum absolute atomic E-state index is 0.0210. The highest BCUT2D eigenvalue weighted by atomic mass is 127. The molecule has 31 heavy (non-hydrogen) atoms. The number of hydrogen-bond donors (Lipinski definition) is 1. The zero-order chi connectivity index (χ0) is 22.4. The van der Waals surface area contributed by atoms with Crippen molar-refractivity contribution in [3.63, 3.8) is 0 Å². The summed E-state index contributed by atoms with van der Waals surface area (Å²) in [6.07, 6.45) is 1.52. The number of carbonyl (C=O) groups is 1. The number of hydrogen-bond acceptors (Lipinski definition) is 3. The number of carbonyl (C=O) groups excluding carboxylic acids is 1. The van der Waals surface area contributed by atoms with Crippen molar-refractivity contribution >= 4 is 75.1 Å². The highest BCUT2D eigenvalue weighted by Crippen LogP contribution is 2.27. The lowest BCUT2D eigenvalue weighted by atomic mass is 10.1. The zero-order valence-electron chi connectivity index (χ0n) is 15.8. The number of halogens is 4. The molecule has 0 spiro atoms. The Hall–Kier alpha value is -2.24. The first kappa shape index (κ1) is 23.4. The number of rotatable bonds is 6. The van der Waals surface area contributed by atoms with E-state index in [1.807, 2.05) is 18.2 Å². The molecule has 0 aliphatic carbocycles. The molecule has 4 nitrogen and oxygen atoms in total. The lowest BCUT2D eigenvalue weighted by Gasteiger charge is -2.10. The summed E-state index contributed by atoms with van der Waals surface area (Å²) in [6.45, 7) is 0.286. The average Bonchev–Trinajstić information content (AvgIpc) is 2.74. The molecule has 0 radical (unpaired) electrons. The summed E-state index contributed by atoms with van der Waals surface area (Å²) in [5.74, 6) is 0.158. The van der Waals surface area contributed by atoms with Crippen molar-refractivity contribution in [3.05, 3.63) is 96.0 Å². The second kappa shape index (κ2) is 10.9. The predicted molar refractivity (Wildman–Crippen MR) is 134 cm³/mol. The molecule has 8 heteroatoms. The second-order valence-corrected chi connectivity index (χ2v) is 8.79. The van der Waals surface area contributed by atoms with E-state index in [1.165, 1.54) is 6.08 Å². The molecule has 0 heterocycles. The summed E-state index contributed by atoms with van der Waals surface area (Å²) in [5, 5.41) is 13.7. The molecule has 3 aromatic carbocycles. The molecule has 0 unspecified atom stereocenters. The lowest BCUT2D eigenvalue weighted by molar-refractivity contribution is -0.112. The molecular formula is C23H14Cl3IN2O2. The topological polar surface area (TPSA) is 62.1 Å². The smallest absolute Gasteiger partial charge is 0.266 e. The number of amides is 1. The summed E-state index contributed by atoms with van der Waals surface area (Å²) >= 11 is 20.1. The molecule has 3 rings (SSSR count). The van der Waals surface area contributed by atoms with Crippen LogP contribution >= 0.6 is 57.4 Å². The van der Waals surface area contributed by atoms with Crippen LogP contribution in [0.15, 0.2) is 66.2 Å². The van der Waals surface area contributed by atoms with Gasteiger partial charge >= 0.3 is 0 Å². The van der Waals surface area contributed by atoms with Crippen LogP contribution in [0, 0.1) is 14.9 Å². The van der Waals surface area contributed by atoms with Crippen LogP contribution in [0.1, 0.15) is 11.1 Å². The van der Waals surface area contributed by atoms with Gasteiger partial charge in [-0.15, -0.1) is 0 Å². The fourth-order valence-corrected chi connectivity index (χ4v) is 3.85. The number of benzene rings is 3. The number of nitrogens with zero attached hydrogens (tertiary/aromatic N) is 1. The van der Waals surface area contributed by atoms with Crippen LogP contribution in [0.3, 0.4) is 0 Å². The van der Waals surface area contributed by atoms with E-state index >= 15 is 0 Å². The Labute approximate surface area is 208 Å². The number of nitrogens with one attached hydrogen (secondary N) is 1. The molecule has 156 valence electrons. The first-order chi connectivity index (χ1) is 14.9. The number of anilines is 1. The minimum atomic E-state index is -0.502. The summed E-state index contributed by atoms with van der Waals surface area (Å²) in [5.41, 5.74) is 2.04. The molecule has 0 saturated carbocycles. The summed E-state index contributed by atoms with van der Waals surface area (Å²) < 4.78 is 6.68. The van der Waals surface area contributed by atoms with Gasteiger partial charge in [0.25, 0.3) is 5.91 Å². The maximum atomic E-state index is 12.4. The van der Waals surface area contributed by atoms with E-state index in [-0.39, 0.29) is 12.2 Å². The van der Waals surface area contributed by atoms with Crippen molar-refractivity contribution in [1.29, 1.82) is 5.26 Å². The van der Waals surface area contributed by atoms with Gasteiger partial charge in [-0.1, -0.05) is 46.9 Å². The van der Waals surface area contributed by atoms with Gasteiger partial charge in [0.05, 0.1) is 3.57 Å². The Kier molecular flexibility index (Phi) is 8.22. The van der Waals surface area contributed by atoms with Crippen LogP contribution in [-0.2, 0) is 11.4 Å². The van der Waals surface area contributed by atoms with Gasteiger partial charge in [0.1, 0.15) is 24.0 Å². The quantitative estimate of drug-likeness (QED) is 0.187. The van der Waals surface area contributed by atoms with Crippen LogP contribution in [-0.4, -0.2) is 5.91 Å². The highest BCUT2D eigenvalue weighted by molar-refractivity contribution is 14.1. The zero-order valence-corrected chi connectivity index (χ0v) is 20.3. The summed E-state index contributed by atoms with van der Waals surface area (Å²) in [7, 11) is 0. The fraction of sp³-hybridized carbons (Fsp3) is 0.0435. The van der Waals surface area contributed by atoms with E-state index < -0.39 is 5.91 Å². The Morgan fingerprint density at radius 2 is 1.74 bits per heavy atom. The molecule has 0 atom stereocenters. The molecule has 1 N–H and O–H groups in total. The third-order valence-corrected chi connectivity index (χ3v) is 5.81. The maximum Gasteiger partial charge on any atom is 0.266 e. The minimum Gasteiger partial charge on any atom is -0.488 e. The van der Waals surface area contributed by atoms with Gasteiger partial charge in [0.15, 0.2) is 0 Å². The van der Waals surface area contributed by atoms with E-state index in [2.05, 4.69) is 27.9 Å². The molecule has 3 aromatic rings. The van der Waals surface area contributed by atoms with E-state index in [1.54, 1.807) is 48.5 Å². The van der Waals surface area contributed by atoms with Crippen molar-refractivity contribution < 1.29 is 9.53 Å². The Morgan fingerprint density at radius 1 is 1.03 bits per heavy atom. The molecular weight excluding hydrogens is 570 g/mol. The molecule has 0 aromatic heterocycles. The summed E-state index contributed by atoms with van der Waals surface area (Å²) in [4.78, 5) is 12.4. The predicted octanol–water partition coefficient (Wildman–Crippen LogP) is 7.38. The van der Waals surface area contributed by atoms with Gasteiger partial charge in [0.2, 0.25) is 0 Å². The summed E-state index contributed by atoms with van der Waals surface area (Å²) in [6, 6.07) is 19.2. The van der Waals surface area contributed by atoms with Crippen LogP contribution in [0.4, 0.5) is 5.69 Å². The van der Waals surface area contributed by atoms with Crippen molar-refractivity contribution in [1.82, 2.24) is 0 Å². The molecule has 0 aliphatic rings. The van der Waals surface area contributed by atoms with Gasteiger partial charge in [0, 0.05) is 26.3 Å². The second-order valence-electron chi connectivity index (χ2n) is 6.35. The first-order valence-electron chi connectivity index (χ1n) is 8.90. The lowest BCUT2D eigenvalue weighted by Crippen LogP contribution is -2.13. The van der Waals surface area contributed by atoms with E-state index in [9.17, 15) is 10.1 Å². The molecule has 1 amide bonds. The first-order valence-corrected chi connectivity index (χ1v) is 11.1. The Bertz CT molecular complexity index is 1190. The molecule has 0 aliphatic heterocycles. The fourth-order valence-electron chi connectivity index (χ4n) is 2.57. The Morgan fingerprint density at radius 3 is 2.39 bits per heavy atom. The van der Waals surface area contributed by atoms with E-state index in [0.29, 0.717) is 32.1 Å². The monoisotopic (exact) mass is 582 g/mol. The number of ether oxygens (including phenoxy) is 1. The van der Waals surface area contributed by atoms with E-state index in [0.717, 1.165) is 9.13 Å². The van der Waals surface area contributed by atoms with Crippen molar-refractivity contribution in [2.75, 3.05) is 5.32 Å². The van der Waals surface area contributed by atoms with Crippen LogP contribution in [0.25, 0.3) is 6.08 Å². The van der Waals surface area contributed by atoms with E-state index in [4.69, 9.17) is 39.5 Å². The van der Waals surface area contributed by atoms with Crippen molar-refractivity contribution in [3.8, 4) is 11.8 Å². The van der Waals surface area contributed by atoms with Crippen LogP contribution < -0.4 is 10.1 Å². The number of nitriles is 1. The van der Waals surface area contributed by atoms with Gasteiger partial charge in [-0.3, -0.25) is 4.79 Å². The average molecular weight is 584 g/mol. The van der Waals surface area contributed by atoms with Crippen molar-refractivity contribution in [2.45, 2.75) is 6.61 Å². The maximum absolute atomic E-state index is 12.4. The normalized spacial score (nSPS) is 11.0.